The molecule has 0 bridgehead atoms. The average molecular weight is 288 g/mol. The first-order valence-corrected chi connectivity index (χ1v) is 7.32. The SMILES string of the molecule is CCOCCCNC(=S)Nc1cccc2ccccc12. The highest BCUT2D eigenvalue weighted by molar-refractivity contribution is 7.80. The van der Waals surface area contributed by atoms with Crippen LogP contribution in [0.15, 0.2) is 42.5 Å². The van der Waals surface area contributed by atoms with Crippen LogP contribution in [0.25, 0.3) is 10.8 Å². The van der Waals surface area contributed by atoms with Gasteiger partial charge in [0.15, 0.2) is 5.11 Å². The Labute approximate surface area is 125 Å². The second-order valence-corrected chi connectivity index (χ2v) is 4.87. The van der Waals surface area contributed by atoms with E-state index in [1.165, 1.54) is 10.8 Å². The molecule has 0 radical (unpaired) electrons. The van der Waals surface area contributed by atoms with Crippen molar-refractivity contribution in [1.82, 2.24) is 5.32 Å². The zero-order valence-electron chi connectivity index (χ0n) is 11.7. The third-order valence-corrected chi connectivity index (χ3v) is 3.24. The predicted octanol–water partition coefficient (Wildman–Crippen LogP) is 3.55. The summed E-state index contributed by atoms with van der Waals surface area (Å²) in [5, 5.41) is 9.48. The summed E-state index contributed by atoms with van der Waals surface area (Å²) in [5.74, 6) is 0. The fourth-order valence-corrected chi connectivity index (χ4v) is 2.23. The summed E-state index contributed by atoms with van der Waals surface area (Å²) in [4.78, 5) is 0. The molecule has 0 aromatic heterocycles. The van der Waals surface area contributed by atoms with Crippen molar-refractivity contribution < 1.29 is 4.74 Å². The first kappa shape index (κ1) is 14.8. The number of nitrogens with one attached hydrogen (secondary N) is 2. The average Bonchev–Trinajstić information content (AvgIpc) is 2.47. The van der Waals surface area contributed by atoms with Crippen molar-refractivity contribution in [2.24, 2.45) is 0 Å². The highest BCUT2D eigenvalue weighted by Gasteiger charge is 2.01. The lowest BCUT2D eigenvalue weighted by Gasteiger charge is -2.12. The summed E-state index contributed by atoms with van der Waals surface area (Å²) in [5.41, 5.74) is 1.03. The van der Waals surface area contributed by atoms with Crippen LogP contribution < -0.4 is 10.6 Å². The third-order valence-electron chi connectivity index (χ3n) is 2.99. The van der Waals surface area contributed by atoms with E-state index in [0.717, 1.165) is 31.9 Å². The molecule has 0 saturated heterocycles. The number of rotatable bonds is 6. The minimum absolute atomic E-state index is 0.651. The molecular weight excluding hydrogens is 268 g/mol. The van der Waals surface area contributed by atoms with Crippen LogP contribution in [-0.2, 0) is 4.74 Å². The molecule has 2 N–H and O–H groups in total. The Kier molecular flexibility index (Phi) is 5.77. The van der Waals surface area contributed by atoms with Crippen LogP contribution in [0.2, 0.25) is 0 Å². The lowest BCUT2D eigenvalue weighted by molar-refractivity contribution is 0.146. The van der Waals surface area contributed by atoms with Crippen molar-refractivity contribution in [1.29, 1.82) is 0 Å². The van der Waals surface area contributed by atoms with Gasteiger partial charge < -0.3 is 15.4 Å². The fourth-order valence-electron chi connectivity index (χ4n) is 2.02. The van der Waals surface area contributed by atoms with E-state index in [0.29, 0.717) is 5.11 Å². The van der Waals surface area contributed by atoms with Gasteiger partial charge in [0, 0.05) is 30.8 Å². The standard InChI is InChI=1S/C16H20N2OS/c1-2-19-12-6-11-17-16(20)18-15-10-5-8-13-7-3-4-9-14(13)15/h3-5,7-10H,2,6,11-12H2,1H3,(H2,17,18,20). The Morgan fingerprint density at radius 3 is 2.80 bits per heavy atom. The number of hydrogen-bond acceptors (Lipinski definition) is 2. The van der Waals surface area contributed by atoms with E-state index in [4.69, 9.17) is 17.0 Å². The van der Waals surface area contributed by atoms with Gasteiger partial charge in [-0.05, 0) is 37.0 Å². The van der Waals surface area contributed by atoms with Gasteiger partial charge in [0.25, 0.3) is 0 Å². The molecule has 0 amide bonds. The van der Waals surface area contributed by atoms with E-state index in [1.807, 2.05) is 31.2 Å². The third kappa shape index (κ3) is 4.18. The predicted molar refractivity (Wildman–Crippen MR) is 89.3 cm³/mol. The molecule has 0 aliphatic rings. The Morgan fingerprint density at radius 1 is 1.15 bits per heavy atom. The van der Waals surface area contributed by atoms with Crippen molar-refractivity contribution in [2.45, 2.75) is 13.3 Å². The van der Waals surface area contributed by atoms with Crippen LogP contribution in [0.5, 0.6) is 0 Å². The van der Waals surface area contributed by atoms with E-state index in [-0.39, 0.29) is 0 Å². The van der Waals surface area contributed by atoms with Gasteiger partial charge in [-0.1, -0.05) is 36.4 Å². The van der Waals surface area contributed by atoms with Gasteiger partial charge >= 0.3 is 0 Å². The smallest absolute Gasteiger partial charge is 0.170 e. The van der Waals surface area contributed by atoms with Crippen LogP contribution in [0.3, 0.4) is 0 Å². The van der Waals surface area contributed by atoms with E-state index >= 15 is 0 Å². The summed E-state index contributed by atoms with van der Waals surface area (Å²) >= 11 is 5.31. The minimum atomic E-state index is 0.651. The lowest BCUT2D eigenvalue weighted by Crippen LogP contribution is -2.29. The number of anilines is 1. The molecule has 0 heterocycles. The molecule has 0 aliphatic carbocycles. The largest absolute Gasteiger partial charge is 0.382 e. The minimum Gasteiger partial charge on any atom is -0.382 e. The highest BCUT2D eigenvalue weighted by atomic mass is 32.1. The topological polar surface area (TPSA) is 33.3 Å². The van der Waals surface area contributed by atoms with Gasteiger partial charge in [0.2, 0.25) is 0 Å². The van der Waals surface area contributed by atoms with Gasteiger partial charge in [0.05, 0.1) is 0 Å². The lowest BCUT2D eigenvalue weighted by atomic mass is 10.1. The molecule has 4 heteroatoms. The summed E-state index contributed by atoms with van der Waals surface area (Å²) in [6.45, 7) is 4.34. The molecule has 2 rings (SSSR count). The van der Waals surface area contributed by atoms with Crippen LogP contribution in [0.4, 0.5) is 5.69 Å². The van der Waals surface area contributed by atoms with Crippen LogP contribution >= 0.6 is 12.2 Å². The molecule has 0 aliphatic heterocycles. The van der Waals surface area contributed by atoms with Gasteiger partial charge in [-0.15, -0.1) is 0 Å². The summed E-state index contributed by atoms with van der Waals surface area (Å²) in [6, 6.07) is 14.4. The van der Waals surface area contributed by atoms with Crippen molar-refractivity contribution in [3.63, 3.8) is 0 Å². The maximum atomic E-state index is 5.31. The molecule has 0 atom stereocenters. The van der Waals surface area contributed by atoms with Crippen molar-refractivity contribution in [3.8, 4) is 0 Å². The molecule has 3 nitrogen and oxygen atoms in total. The first-order chi connectivity index (χ1) is 9.81. The van der Waals surface area contributed by atoms with Crippen LogP contribution in [0, 0.1) is 0 Å². The fraction of sp³-hybridized carbons (Fsp3) is 0.312. The number of hydrogen-bond donors (Lipinski definition) is 2. The van der Waals surface area contributed by atoms with E-state index < -0.39 is 0 Å². The highest BCUT2D eigenvalue weighted by Crippen LogP contribution is 2.22. The van der Waals surface area contributed by atoms with Gasteiger partial charge in [-0.2, -0.15) is 0 Å². The van der Waals surface area contributed by atoms with Gasteiger partial charge in [0.1, 0.15) is 0 Å². The Bertz CT molecular complexity index is 566. The Balaban J connectivity index is 1.90. The molecule has 2 aromatic carbocycles. The maximum absolute atomic E-state index is 5.31. The van der Waals surface area contributed by atoms with Gasteiger partial charge in [-0.3, -0.25) is 0 Å². The second-order valence-electron chi connectivity index (χ2n) is 4.46. The summed E-state index contributed by atoms with van der Waals surface area (Å²) in [7, 11) is 0. The van der Waals surface area contributed by atoms with Crippen molar-refractivity contribution in [2.75, 3.05) is 25.1 Å². The Hall–Kier alpha value is -1.65. The molecule has 106 valence electrons. The van der Waals surface area contributed by atoms with Crippen LogP contribution in [0.1, 0.15) is 13.3 Å². The molecule has 0 saturated carbocycles. The maximum Gasteiger partial charge on any atom is 0.170 e. The second kappa shape index (κ2) is 7.82. The van der Waals surface area contributed by atoms with Crippen molar-refractivity contribution >= 4 is 33.8 Å². The monoisotopic (exact) mass is 288 g/mol. The molecular formula is C16H20N2OS. The normalized spacial score (nSPS) is 10.4. The Morgan fingerprint density at radius 2 is 1.95 bits per heavy atom. The number of ether oxygens (including phenoxy) is 1. The summed E-state index contributed by atoms with van der Waals surface area (Å²) < 4.78 is 5.29. The van der Waals surface area contributed by atoms with Crippen LogP contribution in [-0.4, -0.2) is 24.9 Å². The molecule has 0 spiro atoms. The quantitative estimate of drug-likeness (QED) is 0.629. The zero-order chi connectivity index (χ0) is 14.2. The number of benzene rings is 2. The summed E-state index contributed by atoms with van der Waals surface area (Å²) in [6.07, 6.45) is 0.950. The van der Waals surface area contributed by atoms with Gasteiger partial charge in [-0.25, -0.2) is 0 Å². The molecule has 20 heavy (non-hydrogen) atoms. The van der Waals surface area contributed by atoms with E-state index in [2.05, 4.69) is 28.8 Å². The zero-order valence-corrected chi connectivity index (χ0v) is 12.5. The molecule has 0 fully saturated rings. The van der Waals surface area contributed by atoms with E-state index in [9.17, 15) is 0 Å². The van der Waals surface area contributed by atoms with Crippen molar-refractivity contribution in [3.05, 3.63) is 42.5 Å². The number of fused-ring (bicyclic) bond motifs is 1. The van der Waals surface area contributed by atoms with E-state index in [1.54, 1.807) is 0 Å². The first-order valence-electron chi connectivity index (χ1n) is 6.91. The molecule has 0 unspecified atom stereocenters. The number of thiocarbonyl (C=S) groups is 1. The molecule has 2 aromatic rings.